The molecule has 0 spiro atoms. The molecule has 6 nitrogen and oxygen atoms in total. The molecular formula is C19H24N2O4S. The van der Waals surface area contributed by atoms with E-state index in [0.29, 0.717) is 18.0 Å². The van der Waals surface area contributed by atoms with Gasteiger partial charge in [-0.2, -0.15) is 0 Å². The molecule has 140 valence electrons. The number of hydrogen-bond acceptors (Lipinski definition) is 4. The molecule has 0 heterocycles. The maximum absolute atomic E-state index is 12.4. The van der Waals surface area contributed by atoms with Gasteiger partial charge in [0.15, 0.2) is 0 Å². The SMILES string of the molecule is COc1ccccc1N(CCC(=O)N(C)Cc1ccccc1)S(C)(=O)=O. The molecule has 0 unspecified atom stereocenters. The lowest BCUT2D eigenvalue weighted by molar-refractivity contribution is -0.130. The number of benzene rings is 2. The van der Waals surface area contributed by atoms with Crippen LogP contribution in [0.25, 0.3) is 0 Å². The first kappa shape index (κ1) is 19.8. The molecule has 7 heteroatoms. The van der Waals surface area contributed by atoms with Crippen LogP contribution in [-0.2, 0) is 21.4 Å². The molecule has 0 saturated heterocycles. The Kier molecular flexibility index (Phi) is 6.63. The second-order valence-corrected chi connectivity index (χ2v) is 7.90. The number of methoxy groups -OCH3 is 1. The molecule has 0 N–H and O–H groups in total. The molecule has 0 radical (unpaired) electrons. The molecule has 2 rings (SSSR count). The molecule has 0 atom stereocenters. The van der Waals surface area contributed by atoms with Crippen molar-refractivity contribution in [2.24, 2.45) is 0 Å². The second kappa shape index (κ2) is 8.71. The van der Waals surface area contributed by atoms with E-state index in [1.807, 2.05) is 30.3 Å². The van der Waals surface area contributed by atoms with Crippen LogP contribution in [0.2, 0.25) is 0 Å². The van der Waals surface area contributed by atoms with E-state index in [-0.39, 0.29) is 18.9 Å². The number of carbonyl (C=O) groups excluding carboxylic acids is 1. The molecule has 0 saturated carbocycles. The van der Waals surface area contributed by atoms with Crippen LogP contribution in [0.4, 0.5) is 5.69 Å². The zero-order valence-electron chi connectivity index (χ0n) is 15.3. The smallest absolute Gasteiger partial charge is 0.232 e. The maximum atomic E-state index is 12.4. The summed E-state index contributed by atoms with van der Waals surface area (Å²) in [5, 5.41) is 0. The number of para-hydroxylation sites is 2. The van der Waals surface area contributed by atoms with Crippen LogP contribution in [0, 0.1) is 0 Å². The number of ether oxygens (including phenoxy) is 1. The summed E-state index contributed by atoms with van der Waals surface area (Å²) >= 11 is 0. The fourth-order valence-corrected chi connectivity index (χ4v) is 3.57. The lowest BCUT2D eigenvalue weighted by Gasteiger charge is -2.25. The van der Waals surface area contributed by atoms with E-state index < -0.39 is 10.0 Å². The van der Waals surface area contributed by atoms with Crippen LogP contribution in [0.5, 0.6) is 5.75 Å². The zero-order chi connectivity index (χ0) is 19.2. The quantitative estimate of drug-likeness (QED) is 0.710. The van der Waals surface area contributed by atoms with Crippen molar-refractivity contribution in [2.75, 3.05) is 31.3 Å². The summed E-state index contributed by atoms with van der Waals surface area (Å²) in [5.41, 5.74) is 1.45. The molecule has 2 aromatic carbocycles. The van der Waals surface area contributed by atoms with E-state index >= 15 is 0 Å². The van der Waals surface area contributed by atoms with Crippen molar-refractivity contribution in [1.82, 2.24) is 4.90 Å². The minimum atomic E-state index is -3.55. The van der Waals surface area contributed by atoms with Gasteiger partial charge in [0.2, 0.25) is 15.9 Å². The van der Waals surface area contributed by atoms with Gasteiger partial charge in [0.25, 0.3) is 0 Å². The minimum absolute atomic E-state index is 0.0527. The van der Waals surface area contributed by atoms with E-state index in [1.165, 1.54) is 11.4 Å². The molecule has 1 amide bonds. The summed E-state index contributed by atoms with van der Waals surface area (Å²) in [6, 6.07) is 16.5. The van der Waals surface area contributed by atoms with Crippen LogP contribution in [0.1, 0.15) is 12.0 Å². The zero-order valence-corrected chi connectivity index (χ0v) is 16.1. The summed E-state index contributed by atoms with van der Waals surface area (Å²) in [7, 11) is -0.352. The van der Waals surface area contributed by atoms with Gasteiger partial charge in [-0.25, -0.2) is 8.42 Å². The molecule has 0 bridgehead atoms. The predicted octanol–water partition coefficient (Wildman–Crippen LogP) is 2.51. The molecule has 0 aromatic heterocycles. The molecule has 0 aliphatic heterocycles. The van der Waals surface area contributed by atoms with Crippen molar-refractivity contribution in [3.05, 3.63) is 60.2 Å². The van der Waals surface area contributed by atoms with Gasteiger partial charge >= 0.3 is 0 Å². The van der Waals surface area contributed by atoms with Crippen molar-refractivity contribution in [1.29, 1.82) is 0 Å². The van der Waals surface area contributed by atoms with E-state index in [0.717, 1.165) is 11.8 Å². The molecule has 0 aliphatic rings. The normalized spacial score (nSPS) is 11.0. The first-order valence-electron chi connectivity index (χ1n) is 8.21. The number of rotatable bonds is 8. The van der Waals surface area contributed by atoms with Crippen molar-refractivity contribution < 1.29 is 17.9 Å². The van der Waals surface area contributed by atoms with Crippen LogP contribution in [-0.4, -0.2) is 46.2 Å². The summed E-state index contributed by atoms with van der Waals surface area (Å²) in [4.78, 5) is 14.0. The lowest BCUT2D eigenvalue weighted by Crippen LogP contribution is -2.35. The summed E-state index contributed by atoms with van der Waals surface area (Å²) < 4.78 is 30.9. The second-order valence-electron chi connectivity index (χ2n) is 5.99. The Labute approximate surface area is 155 Å². The number of carbonyl (C=O) groups is 1. The third-order valence-electron chi connectivity index (χ3n) is 3.97. The number of sulfonamides is 1. The molecule has 2 aromatic rings. The highest BCUT2D eigenvalue weighted by molar-refractivity contribution is 7.92. The van der Waals surface area contributed by atoms with E-state index in [1.54, 1.807) is 36.2 Å². The number of hydrogen-bond donors (Lipinski definition) is 0. The molecule has 26 heavy (non-hydrogen) atoms. The van der Waals surface area contributed by atoms with Gasteiger partial charge in [-0.15, -0.1) is 0 Å². The standard InChI is InChI=1S/C19H24N2O4S/c1-20(15-16-9-5-4-6-10-16)19(22)13-14-21(26(3,23)24)17-11-7-8-12-18(17)25-2/h4-12H,13-15H2,1-3H3. The fourth-order valence-electron chi connectivity index (χ4n) is 2.63. The molecule has 0 aliphatic carbocycles. The summed E-state index contributed by atoms with van der Waals surface area (Å²) in [6.07, 6.45) is 1.20. The Morgan fingerprint density at radius 1 is 1.04 bits per heavy atom. The topological polar surface area (TPSA) is 66.9 Å². The van der Waals surface area contributed by atoms with Crippen molar-refractivity contribution >= 4 is 21.6 Å². The lowest BCUT2D eigenvalue weighted by atomic mass is 10.2. The van der Waals surface area contributed by atoms with E-state index in [2.05, 4.69) is 0 Å². The first-order valence-corrected chi connectivity index (χ1v) is 10.1. The van der Waals surface area contributed by atoms with E-state index in [4.69, 9.17) is 4.74 Å². The van der Waals surface area contributed by atoms with Crippen LogP contribution in [0.3, 0.4) is 0 Å². The Morgan fingerprint density at radius 2 is 1.65 bits per heavy atom. The first-order chi connectivity index (χ1) is 12.3. The Morgan fingerprint density at radius 3 is 2.27 bits per heavy atom. The minimum Gasteiger partial charge on any atom is -0.495 e. The maximum Gasteiger partial charge on any atom is 0.232 e. The highest BCUT2D eigenvalue weighted by atomic mass is 32.2. The van der Waals surface area contributed by atoms with Gasteiger partial charge in [-0.3, -0.25) is 9.10 Å². The Hall–Kier alpha value is -2.54. The fraction of sp³-hybridized carbons (Fsp3) is 0.316. The summed E-state index contributed by atoms with van der Waals surface area (Å²) in [6.45, 7) is 0.532. The third-order valence-corrected chi connectivity index (χ3v) is 5.15. The van der Waals surface area contributed by atoms with Crippen molar-refractivity contribution in [2.45, 2.75) is 13.0 Å². The number of amides is 1. The molecule has 0 fully saturated rings. The van der Waals surface area contributed by atoms with Crippen LogP contribution < -0.4 is 9.04 Å². The van der Waals surface area contributed by atoms with Gasteiger partial charge < -0.3 is 9.64 Å². The number of nitrogens with zero attached hydrogens (tertiary/aromatic N) is 2. The Bertz CT molecular complexity index is 838. The third kappa shape index (κ3) is 5.23. The predicted molar refractivity (Wildman–Crippen MR) is 103 cm³/mol. The van der Waals surface area contributed by atoms with Crippen molar-refractivity contribution in [3.63, 3.8) is 0 Å². The van der Waals surface area contributed by atoms with Crippen LogP contribution in [0.15, 0.2) is 54.6 Å². The highest BCUT2D eigenvalue weighted by Crippen LogP contribution is 2.29. The van der Waals surface area contributed by atoms with Crippen molar-refractivity contribution in [3.8, 4) is 5.75 Å². The average Bonchev–Trinajstić information content (AvgIpc) is 2.61. The van der Waals surface area contributed by atoms with E-state index in [9.17, 15) is 13.2 Å². The highest BCUT2D eigenvalue weighted by Gasteiger charge is 2.22. The Balaban J connectivity index is 2.09. The van der Waals surface area contributed by atoms with Gasteiger partial charge in [0.1, 0.15) is 5.75 Å². The summed E-state index contributed by atoms with van der Waals surface area (Å²) in [5.74, 6) is 0.320. The van der Waals surface area contributed by atoms with Gasteiger partial charge in [0, 0.05) is 26.6 Å². The van der Waals surface area contributed by atoms with Gasteiger partial charge in [0.05, 0.1) is 19.1 Å². The van der Waals surface area contributed by atoms with Crippen LogP contribution >= 0.6 is 0 Å². The largest absolute Gasteiger partial charge is 0.495 e. The average molecular weight is 376 g/mol. The van der Waals surface area contributed by atoms with Gasteiger partial charge in [-0.05, 0) is 17.7 Å². The molecular weight excluding hydrogens is 352 g/mol. The van der Waals surface area contributed by atoms with Gasteiger partial charge in [-0.1, -0.05) is 42.5 Å². The number of anilines is 1. The monoisotopic (exact) mass is 376 g/mol.